The molecule has 1 aromatic heterocycles. The van der Waals surface area contributed by atoms with Crippen LogP contribution in [0.1, 0.15) is 45.7 Å². The van der Waals surface area contributed by atoms with E-state index in [0.29, 0.717) is 0 Å². The van der Waals surface area contributed by atoms with Crippen molar-refractivity contribution in [3.8, 4) is 0 Å². The number of hydrogen-bond acceptors (Lipinski definition) is 4. The number of amides is 1. The summed E-state index contributed by atoms with van der Waals surface area (Å²) in [6.45, 7) is 8.11. The highest BCUT2D eigenvalue weighted by Gasteiger charge is 2.31. The molecule has 0 aliphatic carbocycles. The van der Waals surface area contributed by atoms with Crippen molar-refractivity contribution in [3.05, 3.63) is 28.5 Å². The van der Waals surface area contributed by atoms with Crippen molar-refractivity contribution in [2.45, 2.75) is 58.2 Å². The Morgan fingerprint density at radius 3 is 2.96 bits per heavy atom. The van der Waals surface area contributed by atoms with E-state index in [9.17, 15) is 4.79 Å². The number of rotatable bonds is 5. The Morgan fingerprint density at radius 1 is 1.48 bits per heavy atom. The molecule has 0 aromatic carbocycles. The van der Waals surface area contributed by atoms with E-state index in [1.807, 2.05) is 43.9 Å². The number of likely N-dealkylation sites (tertiary alicyclic amines) is 1. The minimum absolute atomic E-state index is 0.186. The summed E-state index contributed by atoms with van der Waals surface area (Å²) in [5.41, 5.74) is 0.573. The second-order valence-corrected chi connectivity index (χ2v) is 7.70. The fraction of sp³-hybridized carbons (Fsp3) is 0.647. The molecule has 23 heavy (non-hydrogen) atoms. The zero-order chi connectivity index (χ0) is 16.9. The summed E-state index contributed by atoms with van der Waals surface area (Å²) in [7, 11) is 0. The van der Waals surface area contributed by atoms with Gasteiger partial charge in [-0.25, -0.2) is 9.78 Å². The molecule has 0 bridgehead atoms. The lowest BCUT2D eigenvalue weighted by atomic mass is 10.1. The van der Waals surface area contributed by atoms with Crippen molar-refractivity contribution < 1.29 is 9.53 Å². The van der Waals surface area contributed by atoms with Crippen LogP contribution in [0.5, 0.6) is 0 Å². The van der Waals surface area contributed by atoms with Gasteiger partial charge in [0.05, 0.1) is 5.69 Å². The third-order valence-corrected chi connectivity index (χ3v) is 4.18. The largest absolute Gasteiger partial charge is 0.444 e. The summed E-state index contributed by atoms with van der Waals surface area (Å²) in [6, 6.07) is 6.17. The highest BCUT2D eigenvalue weighted by atomic mass is 79.9. The van der Waals surface area contributed by atoms with Gasteiger partial charge in [0, 0.05) is 19.1 Å². The van der Waals surface area contributed by atoms with Gasteiger partial charge >= 0.3 is 6.09 Å². The molecular formula is C17H26BrN3O2. The molecule has 128 valence electrons. The molecule has 1 aromatic rings. The zero-order valence-electron chi connectivity index (χ0n) is 14.1. The van der Waals surface area contributed by atoms with Crippen LogP contribution in [-0.2, 0) is 11.3 Å². The molecule has 1 atom stereocenters. The third-order valence-electron chi connectivity index (χ3n) is 3.74. The molecule has 1 aliphatic rings. The number of hydrogen-bond donors (Lipinski definition) is 1. The highest BCUT2D eigenvalue weighted by Crippen LogP contribution is 2.22. The van der Waals surface area contributed by atoms with E-state index in [4.69, 9.17) is 4.74 Å². The van der Waals surface area contributed by atoms with Gasteiger partial charge < -0.3 is 15.0 Å². The smallest absolute Gasteiger partial charge is 0.410 e. The van der Waals surface area contributed by atoms with E-state index in [1.165, 1.54) is 0 Å². The van der Waals surface area contributed by atoms with E-state index in [1.54, 1.807) is 0 Å². The molecule has 1 saturated heterocycles. The number of nitrogens with zero attached hydrogens (tertiary/aromatic N) is 2. The van der Waals surface area contributed by atoms with Gasteiger partial charge in [-0.1, -0.05) is 6.07 Å². The summed E-state index contributed by atoms with van der Waals surface area (Å²) >= 11 is 3.38. The molecule has 2 heterocycles. The van der Waals surface area contributed by atoms with Crippen LogP contribution in [0.3, 0.4) is 0 Å². The van der Waals surface area contributed by atoms with Gasteiger partial charge in [-0.2, -0.15) is 0 Å². The van der Waals surface area contributed by atoms with E-state index < -0.39 is 5.60 Å². The molecule has 6 heteroatoms. The lowest BCUT2D eigenvalue weighted by Gasteiger charge is -2.28. The molecule has 1 fully saturated rings. The van der Waals surface area contributed by atoms with E-state index in [-0.39, 0.29) is 12.1 Å². The number of halogens is 1. The molecule has 0 spiro atoms. The average molecular weight is 384 g/mol. The Kier molecular flexibility index (Phi) is 6.41. The predicted molar refractivity (Wildman–Crippen MR) is 94.2 cm³/mol. The molecular weight excluding hydrogens is 358 g/mol. The van der Waals surface area contributed by atoms with E-state index in [0.717, 1.165) is 49.2 Å². The summed E-state index contributed by atoms with van der Waals surface area (Å²) < 4.78 is 6.34. The Morgan fingerprint density at radius 2 is 2.26 bits per heavy atom. The maximum absolute atomic E-state index is 12.2. The van der Waals surface area contributed by atoms with Crippen LogP contribution in [0.25, 0.3) is 0 Å². The van der Waals surface area contributed by atoms with Gasteiger partial charge in [0.1, 0.15) is 10.2 Å². The number of carbonyl (C=O) groups is 1. The normalized spacial score (nSPS) is 18.3. The Hall–Kier alpha value is -1.14. The minimum Gasteiger partial charge on any atom is -0.444 e. The lowest BCUT2D eigenvalue weighted by Crippen LogP contribution is -2.40. The van der Waals surface area contributed by atoms with Crippen LogP contribution in [-0.4, -0.2) is 40.7 Å². The minimum atomic E-state index is -0.436. The van der Waals surface area contributed by atoms with Gasteiger partial charge in [-0.15, -0.1) is 0 Å². The first-order chi connectivity index (χ1) is 10.8. The summed E-state index contributed by atoms with van der Waals surface area (Å²) in [5.74, 6) is 0. The maximum Gasteiger partial charge on any atom is 0.410 e. The van der Waals surface area contributed by atoms with Crippen LogP contribution in [0, 0.1) is 0 Å². The van der Waals surface area contributed by atoms with Gasteiger partial charge in [-0.05, 0) is 74.6 Å². The zero-order valence-corrected chi connectivity index (χ0v) is 15.7. The molecule has 1 N–H and O–H groups in total. The Bertz CT molecular complexity index is 531. The first kappa shape index (κ1) is 18.2. The first-order valence-corrected chi connectivity index (χ1v) is 8.96. The monoisotopic (exact) mass is 383 g/mol. The van der Waals surface area contributed by atoms with E-state index >= 15 is 0 Å². The second kappa shape index (κ2) is 8.11. The van der Waals surface area contributed by atoms with Crippen LogP contribution >= 0.6 is 15.9 Å². The molecule has 1 aliphatic heterocycles. The topological polar surface area (TPSA) is 54.5 Å². The number of carbonyl (C=O) groups excluding carboxylic acids is 1. The number of nitrogens with one attached hydrogen (secondary N) is 1. The second-order valence-electron chi connectivity index (χ2n) is 6.89. The summed E-state index contributed by atoms with van der Waals surface area (Å²) in [5, 5.41) is 3.40. The van der Waals surface area contributed by atoms with Crippen molar-refractivity contribution in [2.75, 3.05) is 13.1 Å². The lowest BCUT2D eigenvalue weighted by molar-refractivity contribution is 0.0220. The van der Waals surface area contributed by atoms with Crippen LogP contribution in [0.2, 0.25) is 0 Å². The first-order valence-electron chi connectivity index (χ1n) is 8.17. The molecule has 0 radical (unpaired) electrons. The number of pyridine rings is 1. The molecule has 1 unspecified atom stereocenters. The standard InChI is InChI=1S/C17H26BrN3O2/c1-17(2,3)23-16(22)21-11-5-7-14(21)9-10-19-12-13-6-4-8-15(18)20-13/h4,6,8,14,19H,5,7,9-12H2,1-3H3. The van der Waals surface area contributed by atoms with E-state index in [2.05, 4.69) is 26.2 Å². The highest BCUT2D eigenvalue weighted by molar-refractivity contribution is 9.10. The maximum atomic E-state index is 12.2. The summed E-state index contributed by atoms with van der Waals surface area (Å²) in [4.78, 5) is 18.5. The van der Waals surface area contributed by atoms with Crippen molar-refractivity contribution >= 4 is 22.0 Å². The van der Waals surface area contributed by atoms with Gasteiger partial charge in [0.2, 0.25) is 0 Å². The number of aromatic nitrogens is 1. The van der Waals surface area contributed by atoms with Crippen LogP contribution < -0.4 is 5.32 Å². The molecule has 1 amide bonds. The quantitative estimate of drug-likeness (QED) is 0.621. The van der Waals surface area contributed by atoms with Gasteiger partial charge in [0.15, 0.2) is 0 Å². The third kappa shape index (κ3) is 6.11. The Balaban J connectivity index is 1.75. The average Bonchev–Trinajstić information content (AvgIpc) is 2.90. The van der Waals surface area contributed by atoms with Crippen molar-refractivity contribution in [1.29, 1.82) is 0 Å². The number of ether oxygens (including phenoxy) is 1. The van der Waals surface area contributed by atoms with Crippen LogP contribution in [0.4, 0.5) is 4.79 Å². The fourth-order valence-corrected chi connectivity index (χ4v) is 3.11. The predicted octanol–water partition coefficient (Wildman–Crippen LogP) is 3.72. The summed E-state index contributed by atoms with van der Waals surface area (Å²) in [6.07, 6.45) is 2.86. The van der Waals surface area contributed by atoms with Gasteiger partial charge in [-0.3, -0.25) is 0 Å². The van der Waals surface area contributed by atoms with Crippen LogP contribution in [0.15, 0.2) is 22.8 Å². The van der Waals surface area contributed by atoms with Crippen molar-refractivity contribution in [2.24, 2.45) is 0 Å². The Labute approximate surface area is 146 Å². The molecule has 2 rings (SSSR count). The SMILES string of the molecule is CC(C)(C)OC(=O)N1CCCC1CCNCc1cccc(Br)n1. The van der Waals surface area contributed by atoms with Crippen molar-refractivity contribution in [3.63, 3.8) is 0 Å². The van der Waals surface area contributed by atoms with Crippen molar-refractivity contribution in [1.82, 2.24) is 15.2 Å². The van der Waals surface area contributed by atoms with Gasteiger partial charge in [0.25, 0.3) is 0 Å². The molecule has 5 nitrogen and oxygen atoms in total. The fourth-order valence-electron chi connectivity index (χ4n) is 2.73. The molecule has 0 saturated carbocycles.